The Hall–Kier alpha value is -2.09. The molecule has 0 atom stereocenters. The molecule has 0 aliphatic carbocycles. The van der Waals surface area contributed by atoms with E-state index in [-0.39, 0.29) is 4.90 Å². The van der Waals surface area contributed by atoms with Crippen molar-refractivity contribution in [3.63, 3.8) is 0 Å². The summed E-state index contributed by atoms with van der Waals surface area (Å²) < 4.78 is 29.7. The lowest BCUT2D eigenvalue weighted by Gasteiger charge is -2.12. The van der Waals surface area contributed by atoms with Gasteiger partial charge in [-0.05, 0) is 53.2 Å². The summed E-state index contributed by atoms with van der Waals surface area (Å²) in [5.74, 6) is 0. The topological polar surface area (TPSA) is 39.1 Å². The molecule has 5 rings (SSSR count). The molecule has 2 aromatic carbocycles. The number of thiophene rings is 2. The first-order valence-electron chi connectivity index (χ1n) is 8.90. The predicted molar refractivity (Wildman–Crippen MR) is 128 cm³/mol. The third-order valence-electron chi connectivity index (χ3n) is 4.83. The molecule has 150 valence electrons. The molecule has 8 heteroatoms. The van der Waals surface area contributed by atoms with Crippen LogP contribution in [0.5, 0.6) is 0 Å². The molecule has 0 aliphatic heterocycles. The van der Waals surface area contributed by atoms with Crippen LogP contribution in [0, 0.1) is 0 Å². The van der Waals surface area contributed by atoms with Gasteiger partial charge in [-0.2, -0.15) is 0 Å². The number of halogens is 2. The second-order valence-electron chi connectivity index (χ2n) is 6.55. The minimum atomic E-state index is -3.90. The SMILES string of the molecule is O=S(=O)(c1ccc(Cl)cc1)n1c(-c2cccs2)c(-c2ccsc2Cl)c2ccccc21. The summed E-state index contributed by atoms with van der Waals surface area (Å²) in [6.45, 7) is 0. The Labute approximate surface area is 191 Å². The predicted octanol–water partition coefficient (Wildman–Crippen LogP) is 7.64. The zero-order chi connectivity index (χ0) is 20.9. The second kappa shape index (κ2) is 7.55. The molecule has 0 radical (unpaired) electrons. The number of benzene rings is 2. The highest BCUT2D eigenvalue weighted by Crippen LogP contribution is 2.47. The molecule has 0 saturated carbocycles. The number of hydrogen-bond acceptors (Lipinski definition) is 4. The van der Waals surface area contributed by atoms with Crippen LogP contribution in [0.2, 0.25) is 9.36 Å². The Balaban J connectivity index is 1.95. The van der Waals surface area contributed by atoms with E-state index in [1.807, 2.05) is 53.2 Å². The van der Waals surface area contributed by atoms with E-state index in [9.17, 15) is 8.42 Å². The van der Waals surface area contributed by atoms with Crippen LogP contribution in [0.15, 0.2) is 82.4 Å². The molecule has 0 fully saturated rings. The molecule has 0 unspecified atom stereocenters. The van der Waals surface area contributed by atoms with Crippen molar-refractivity contribution in [1.29, 1.82) is 0 Å². The van der Waals surface area contributed by atoms with Gasteiger partial charge in [0, 0.05) is 21.5 Å². The minimum Gasteiger partial charge on any atom is -0.232 e. The van der Waals surface area contributed by atoms with Crippen LogP contribution in [0.4, 0.5) is 0 Å². The molecule has 0 saturated heterocycles. The molecule has 30 heavy (non-hydrogen) atoms. The van der Waals surface area contributed by atoms with Gasteiger partial charge in [0.25, 0.3) is 10.0 Å². The van der Waals surface area contributed by atoms with Gasteiger partial charge in [-0.15, -0.1) is 22.7 Å². The van der Waals surface area contributed by atoms with Crippen molar-refractivity contribution in [2.45, 2.75) is 4.90 Å². The first-order valence-corrected chi connectivity index (χ1v) is 12.9. The summed E-state index contributed by atoms with van der Waals surface area (Å²) in [6, 6.07) is 19.5. The maximum absolute atomic E-state index is 13.8. The smallest absolute Gasteiger partial charge is 0.232 e. The summed E-state index contributed by atoms with van der Waals surface area (Å²) >= 11 is 15.4. The summed E-state index contributed by atoms with van der Waals surface area (Å²) in [6.07, 6.45) is 0. The van der Waals surface area contributed by atoms with Crippen LogP contribution in [0.1, 0.15) is 0 Å². The third kappa shape index (κ3) is 3.11. The van der Waals surface area contributed by atoms with Crippen molar-refractivity contribution in [2.24, 2.45) is 0 Å². The fraction of sp³-hybridized carbons (Fsp3) is 0. The molecule has 3 aromatic heterocycles. The van der Waals surface area contributed by atoms with Gasteiger partial charge in [-0.3, -0.25) is 0 Å². The summed E-state index contributed by atoms with van der Waals surface area (Å²) in [5, 5.41) is 5.16. The highest BCUT2D eigenvalue weighted by atomic mass is 35.5. The Kier molecular flexibility index (Phi) is 5.00. The Morgan fingerprint density at radius 1 is 0.800 bits per heavy atom. The lowest BCUT2D eigenvalue weighted by atomic mass is 10.0. The van der Waals surface area contributed by atoms with Gasteiger partial charge >= 0.3 is 0 Å². The largest absolute Gasteiger partial charge is 0.268 e. The minimum absolute atomic E-state index is 0.174. The molecule has 0 aliphatic rings. The van der Waals surface area contributed by atoms with Crippen LogP contribution in [0.25, 0.3) is 32.6 Å². The monoisotopic (exact) mass is 489 g/mol. The standard InChI is InChI=1S/C22H13Cl2NO2S3/c23-14-7-9-15(10-8-14)30(26,27)25-18-5-2-1-4-16(18)20(17-11-13-29-22(17)24)21(25)19-6-3-12-28-19/h1-13H. The number of fused-ring (bicyclic) bond motifs is 1. The average Bonchev–Trinajstić information content (AvgIpc) is 3.46. The fourth-order valence-electron chi connectivity index (χ4n) is 3.55. The zero-order valence-corrected chi connectivity index (χ0v) is 19.2. The molecular weight excluding hydrogens is 477 g/mol. The Bertz CT molecular complexity index is 1460. The third-order valence-corrected chi connectivity index (χ3v) is 8.85. The molecule has 5 aromatic rings. The van der Waals surface area contributed by atoms with Gasteiger partial charge in [0.15, 0.2) is 0 Å². The number of hydrogen-bond donors (Lipinski definition) is 0. The number of nitrogens with zero attached hydrogens (tertiary/aromatic N) is 1. The van der Waals surface area contributed by atoms with E-state index in [1.165, 1.54) is 38.8 Å². The van der Waals surface area contributed by atoms with Gasteiger partial charge in [-0.25, -0.2) is 12.4 Å². The maximum atomic E-state index is 13.8. The van der Waals surface area contributed by atoms with Gasteiger partial charge in [0.05, 0.1) is 21.0 Å². The lowest BCUT2D eigenvalue weighted by Crippen LogP contribution is -2.14. The summed E-state index contributed by atoms with van der Waals surface area (Å²) in [5.41, 5.74) is 2.86. The molecule has 0 spiro atoms. The summed E-state index contributed by atoms with van der Waals surface area (Å²) in [4.78, 5) is 1.02. The van der Waals surface area contributed by atoms with Crippen LogP contribution < -0.4 is 0 Å². The number of para-hydroxylation sites is 1. The van der Waals surface area contributed by atoms with Crippen LogP contribution in [0.3, 0.4) is 0 Å². The first kappa shape index (κ1) is 19.8. The van der Waals surface area contributed by atoms with E-state index in [0.717, 1.165) is 21.4 Å². The van der Waals surface area contributed by atoms with E-state index >= 15 is 0 Å². The van der Waals surface area contributed by atoms with Crippen molar-refractivity contribution in [2.75, 3.05) is 0 Å². The van der Waals surface area contributed by atoms with Gasteiger partial charge in [0.1, 0.15) is 4.34 Å². The molecule has 3 heterocycles. The second-order valence-corrected chi connectivity index (χ2v) is 11.2. The number of rotatable bonds is 4. The number of aromatic nitrogens is 1. The average molecular weight is 490 g/mol. The maximum Gasteiger partial charge on any atom is 0.268 e. The fourth-order valence-corrected chi connectivity index (χ4v) is 6.98. The van der Waals surface area contributed by atoms with E-state index < -0.39 is 10.0 Å². The van der Waals surface area contributed by atoms with Crippen molar-refractivity contribution >= 4 is 66.8 Å². The summed E-state index contributed by atoms with van der Waals surface area (Å²) in [7, 11) is -3.90. The van der Waals surface area contributed by atoms with Gasteiger partial charge in [-0.1, -0.05) is 47.5 Å². The van der Waals surface area contributed by atoms with Crippen LogP contribution >= 0.6 is 45.9 Å². The Morgan fingerprint density at radius 2 is 1.57 bits per heavy atom. The van der Waals surface area contributed by atoms with Crippen LogP contribution in [-0.4, -0.2) is 12.4 Å². The molecule has 3 nitrogen and oxygen atoms in total. The van der Waals surface area contributed by atoms with E-state index in [2.05, 4.69) is 0 Å². The molecular formula is C22H13Cl2NO2S3. The van der Waals surface area contributed by atoms with Crippen molar-refractivity contribution in [3.05, 3.63) is 86.8 Å². The molecule has 0 bridgehead atoms. The van der Waals surface area contributed by atoms with E-state index in [0.29, 0.717) is 20.6 Å². The highest BCUT2D eigenvalue weighted by molar-refractivity contribution is 7.90. The van der Waals surface area contributed by atoms with Crippen molar-refractivity contribution in [3.8, 4) is 21.7 Å². The van der Waals surface area contributed by atoms with E-state index in [1.54, 1.807) is 12.1 Å². The van der Waals surface area contributed by atoms with Gasteiger partial charge in [0.2, 0.25) is 0 Å². The highest BCUT2D eigenvalue weighted by Gasteiger charge is 2.29. The molecule has 0 amide bonds. The zero-order valence-electron chi connectivity index (χ0n) is 15.2. The van der Waals surface area contributed by atoms with Gasteiger partial charge < -0.3 is 0 Å². The van der Waals surface area contributed by atoms with E-state index in [4.69, 9.17) is 23.2 Å². The van der Waals surface area contributed by atoms with Crippen molar-refractivity contribution in [1.82, 2.24) is 3.97 Å². The van der Waals surface area contributed by atoms with Crippen LogP contribution in [-0.2, 0) is 10.0 Å². The molecule has 0 N–H and O–H groups in total. The first-order chi connectivity index (χ1) is 14.5. The van der Waals surface area contributed by atoms with Crippen molar-refractivity contribution < 1.29 is 8.42 Å². The Morgan fingerprint density at radius 3 is 2.23 bits per heavy atom. The quantitative estimate of drug-likeness (QED) is 0.260. The lowest BCUT2D eigenvalue weighted by molar-refractivity contribution is 0.589. The normalized spacial score (nSPS) is 11.9.